The van der Waals surface area contributed by atoms with Gasteiger partial charge in [0.15, 0.2) is 0 Å². The van der Waals surface area contributed by atoms with Crippen LogP contribution in [0.5, 0.6) is 0 Å². The van der Waals surface area contributed by atoms with Gasteiger partial charge in [0.2, 0.25) is 0 Å². The number of nitriles is 1. The fourth-order valence-electron chi connectivity index (χ4n) is 2.37. The van der Waals surface area contributed by atoms with Crippen LogP contribution in [0.4, 0.5) is 5.69 Å². The molecule has 0 radical (unpaired) electrons. The van der Waals surface area contributed by atoms with Gasteiger partial charge in [0.05, 0.1) is 11.3 Å². The lowest BCUT2D eigenvalue weighted by atomic mass is 9.95. The van der Waals surface area contributed by atoms with Crippen LogP contribution in [0.3, 0.4) is 0 Å². The van der Waals surface area contributed by atoms with Crippen LogP contribution in [0, 0.1) is 17.2 Å². The predicted octanol–water partition coefficient (Wildman–Crippen LogP) is 3.21. The van der Waals surface area contributed by atoms with Gasteiger partial charge >= 0.3 is 0 Å². The van der Waals surface area contributed by atoms with E-state index in [1.807, 2.05) is 18.2 Å². The molecular formula is C15H21N3S. The molecule has 2 rings (SSSR count). The zero-order valence-corrected chi connectivity index (χ0v) is 12.4. The second kappa shape index (κ2) is 5.85. The molecule has 1 aromatic carbocycles. The van der Waals surface area contributed by atoms with Crippen molar-refractivity contribution in [2.75, 3.05) is 17.6 Å². The summed E-state index contributed by atoms with van der Waals surface area (Å²) in [5.41, 5.74) is 7.50. The number of hydrogen-bond donors (Lipinski definition) is 2. The van der Waals surface area contributed by atoms with Crippen molar-refractivity contribution >= 4 is 17.4 Å². The largest absolute Gasteiger partial charge is 0.377 e. The lowest BCUT2D eigenvalue weighted by molar-refractivity contribution is 0.459. The molecule has 1 aromatic rings. The topological polar surface area (TPSA) is 61.8 Å². The zero-order valence-electron chi connectivity index (χ0n) is 11.6. The molecule has 1 unspecified atom stereocenters. The van der Waals surface area contributed by atoms with Crippen LogP contribution in [-0.2, 0) is 0 Å². The fraction of sp³-hybridized carbons (Fsp3) is 0.533. The molecule has 0 bridgehead atoms. The molecule has 0 aliphatic heterocycles. The number of hydrogen-bond acceptors (Lipinski definition) is 4. The number of rotatable bonds is 6. The van der Waals surface area contributed by atoms with Crippen LogP contribution in [0.2, 0.25) is 0 Å². The number of thioether (sulfide) groups is 1. The van der Waals surface area contributed by atoms with Gasteiger partial charge in [-0.05, 0) is 43.6 Å². The van der Waals surface area contributed by atoms with E-state index < -0.39 is 0 Å². The minimum absolute atomic E-state index is 0.0961. The lowest BCUT2D eigenvalue weighted by Crippen LogP contribution is -2.44. The first kappa shape index (κ1) is 14.2. The summed E-state index contributed by atoms with van der Waals surface area (Å²) >= 11 is 1.70. The summed E-state index contributed by atoms with van der Waals surface area (Å²) in [7, 11) is 0. The number of benzene rings is 1. The van der Waals surface area contributed by atoms with Crippen molar-refractivity contribution in [3.63, 3.8) is 0 Å². The van der Waals surface area contributed by atoms with Gasteiger partial charge in [-0.15, -0.1) is 11.8 Å². The minimum Gasteiger partial charge on any atom is -0.377 e. The van der Waals surface area contributed by atoms with Gasteiger partial charge in [-0.1, -0.05) is 13.0 Å². The average Bonchev–Trinajstić information content (AvgIpc) is 3.24. The molecule has 1 atom stereocenters. The van der Waals surface area contributed by atoms with Gasteiger partial charge in [-0.3, -0.25) is 0 Å². The molecule has 0 spiro atoms. The smallest absolute Gasteiger partial charge is 0.102 e. The van der Waals surface area contributed by atoms with Crippen LogP contribution in [-0.4, -0.2) is 17.8 Å². The van der Waals surface area contributed by atoms with Crippen molar-refractivity contribution in [3.8, 4) is 6.07 Å². The number of nitrogens with two attached hydrogens (primary N) is 1. The van der Waals surface area contributed by atoms with E-state index in [0.717, 1.165) is 21.9 Å². The quantitative estimate of drug-likeness (QED) is 0.783. The van der Waals surface area contributed by atoms with Crippen LogP contribution < -0.4 is 11.1 Å². The van der Waals surface area contributed by atoms with E-state index >= 15 is 0 Å². The monoisotopic (exact) mass is 275 g/mol. The van der Waals surface area contributed by atoms with E-state index in [-0.39, 0.29) is 5.54 Å². The van der Waals surface area contributed by atoms with Crippen LogP contribution in [0.25, 0.3) is 0 Å². The van der Waals surface area contributed by atoms with E-state index in [9.17, 15) is 5.26 Å². The molecule has 0 heterocycles. The summed E-state index contributed by atoms with van der Waals surface area (Å²) in [5.74, 6) is 1.60. The van der Waals surface area contributed by atoms with Gasteiger partial charge in [0.25, 0.3) is 0 Å². The summed E-state index contributed by atoms with van der Waals surface area (Å²) in [4.78, 5) is 1.05. The molecule has 19 heavy (non-hydrogen) atoms. The summed E-state index contributed by atoms with van der Waals surface area (Å²) in [5, 5.41) is 12.9. The SMILES string of the molecule is CCSc1cccc(NC(C)(CN)C2CC2)c1C#N. The molecule has 0 saturated heterocycles. The van der Waals surface area contributed by atoms with Crippen molar-refractivity contribution in [1.29, 1.82) is 5.26 Å². The molecular weight excluding hydrogens is 254 g/mol. The van der Waals surface area contributed by atoms with Crippen molar-refractivity contribution in [2.45, 2.75) is 37.1 Å². The Hall–Kier alpha value is -1.18. The maximum atomic E-state index is 9.42. The predicted molar refractivity (Wildman–Crippen MR) is 81.4 cm³/mol. The zero-order chi connectivity index (χ0) is 13.9. The number of nitrogens with zero attached hydrogens (tertiary/aromatic N) is 1. The second-order valence-corrected chi connectivity index (χ2v) is 6.55. The van der Waals surface area contributed by atoms with E-state index in [0.29, 0.717) is 12.5 Å². The molecule has 1 aliphatic rings. The molecule has 4 heteroatoms. The van der Waals surface area contributed by atoms with Gasteiger partial charge in [-0.25, -0.2) is 0 Å². The Morgan fingerprint density at radius 3 is 2.79 bits per heavy atom. The van der Waals surface area contributed by atoms with Crippen molar-refractivity contribution in [1.82, 2.24) is 0 Å². The van der Waals surface area contributed by atoms with E-state index in [2.05, 4.69) is 25.2 Å². The first-order valence-corrected chi connectivity index (χ1v) is 7.77. The van der Waals surface area contributed by atoms with Gasteiger partial charge < -0.3 is 11.1 Å². The molecule has 3 N–H and O–H groups in total. The highest BCUT2D eigenvalue weighted by Gasteiger charge is 2.40. The fourth-order valence-corrected chi connectivity index (χ4v) is 3.16. The van der Waals surface area contributed by atoms with E-state index in [1.165, 1.54) is 12.8 Å². The highest BCUT2D eigenvalue weighted by Crippen LogP contribution is 2.41. The Balaban J connectivity index is 2.29. The Morgan fingerprint density at radius 2 is 2.26 bits per heavy atom. The first-order valence-electron chi connectivity index (χ1n) is 6.78. The summed E-state index contributed by atoms with van der Waals surface area (Å²) in [6, 6.07) is 8.33. The molecule has 0 aromatic heterocycles. The maximum Gasteiger partial charge on any atom is 0.102 e. The molecule has 102 valence electrons. The van der Waals surface area contributed by atoms with Gasteiger partial charge in [0, 0.05) is 17.0 Å². The molecule has 1 aliphatic carbocycles. The van der Waals surface area contributed by atoms with Gasteiger partial charge in [0.1, 0.15) is 6.07 Å². The van der Waals surface area contributed by atoms with Crippen molar-refractivity contribution in [2.24, 2.45) is 11.7 Å². The summed E-state index contributed by atoms with van der Waals surface area (Å²) in [6.45, 7) is 4.85. The Labute approximate surface area is 119 Å². The van der Waals surface area contributed by atoms with Crippen molar-refractivity contribution < 1.29 is 0 Å². The minimum atomic E-state index is -0.0961. The molecule has 3 nitrogen and oxygen atoms in total. The molecule has 0 amide bonds. The van der Waals surface area contributed by atoms with E-state index in [4.69, 9.17) is 5.73 Å². The molecule has 1 fully saturated rings. The van der Waals surface area contributed by atoms with Crippen LogP contribution in [0.15, 0.2) is 23.1 Å². The Morgan fingerprint density at radius 1 is 1.53 bits per heavy atom. The van der Waals surface area contributed by atoms with Crippen LogP contribution in [0.1, 0.15) is 32.3 Å². The van der Waals surface area contributed by atoms with Crippen molar-refractivity contribution in [3.05, 3.63) is 23.8 Å². The Bertz CT molecular complexity index is 491. The van der Waals surface area contributed by atoms with E-state index in [1.54, 1.807) is 11.8 Å². The third-order valence-electron chi connectivity index (χ3n) is 3.76. The number of nitrogens with one attached hydrogen (secondary N) is 1. The third kappa shape index (κ3) is 3.05. The Kier molecular flexibility index (Phi) is 4.38. The summed E-state index contributed by atoms with van der Waals surface area (Å²) < 4.78 is 0. The third-order valence-corrected chi connectivity index (χ3v) is 4.70. The number of anilines is 1. The highest BCUT2D eigenvalue weighted by molar-refractivity contribution is 7.99. The second-order valence-electron chi connectivity index (χ2n) is 5.24. The molecule has 1 saturated carbocycles. The summed E-state index contributed by atoms with van der Waals surface area (Å²) in [6.07, 6.45) is 2.46. The normalized spacial score (nSPS) is 17.6. The maximum absolute atomic E-state index is 9.42. The standard InChI is InChI=1S/C15H21N3S/c1-3-19-14-6-4-5-13(12(14)9-16)18-15(2,10-17)11-7-8-11/h4-6,11,18H,3,7-8,10,17H2,1-2H3. The first-order chi connectivity index (χ1) is 9.14. The van der Waals surface area contributed by atoms with Gasteiger partial charge in [-0.2, -0.15) is 5.26 Å². The lowest BCUT2D eigenvalue weighted by Gasteiger charge is -2.31. The highest BCUT2D eigenvalue weighted by atomic mass is 32.2. The van der Waals surface area contributed by atoms with Crippen LogP contribution >= 0.6 is 11.8 Å². The average molecular weight is 275 g/mol.